The quantitative estimate of drug-likeness (QED) is 0.434. The van der Waals surface area contributed by atoms with Gasteiger partial charge in [0.25, 0.3) is 0 Å². The average Bonchev–Trinajstić information content (AvgIpc) is 2.83. The van der Waals surface area contributed by atoms with E-state index < -0.39 is 0 Å². The van der Waals surface area contributed by atoms with Crippen LogP contribution in [0.25, 0.3) is 5.41 Å². The first-order chi connectivity index (χ1) is 8.78. The van der Waals surface area contributed by atoms with E-state index in [0.717, 1.165) is 19.7 Å². The van der Waals surface area contributed by atoms with Gasteiger partial charge in [-0.25, -0.2) is 9.13 Å². The lowest BCUT2D eigenvalue weighted by atomic mass is 10.3. The average molecular weight is 249 g/mol. The maximum atomic E-state index is 7.43. The first-order valence-corrected chi connectivity index (χ1v) is 5.80. The van der Waals surface area contributed by atoms with Crippen molar-refractivity contribution in [2.24, 2.45) is 4.99 Å². The summed E-state index contributed by atoms with van der Waals surface area (Å²) in [5.74, 6) is 0. The van der Waals surface area contributed by atoms with Gasteiger partial charge in [0.1, 0.15) is 18.9 Å². The van der Waals surface area contributed by atoms with Crippen LogP contribution in [0.2, 0.25) is 0 Å². The zero-order valence-electron chi connectivity index (χ0n) is 10.9. The molecule has 0 aromatic carbocycles. The summed E-state index contributed by atoms with van der Waals surface area (Å²) < 4.78 is 9.38. The van der Waals surface area contributed by atoms with Crippen LogP contribution in [0.3, 0.4) is 0 Å². The van der Waals surface area contributed by atoms with Gasteiger partial charge in [-0.15, -0.1) is 6.01 Å². The SMILES string of the molecule is CCCC[n+]1ccn(CCOC)c1.N#CN=C=[N-]. The Morgan fingerprint density at radius 1 is 1.56 bits per heavy atom. The predicted molar refractivity (Wildman–Crippen MR) is 67.8 cm³/mol. The molecule has 0 unspecified atom stereocenters. The summed E-state index contributed by atoms with van der Waals surface area (Å²) in [6.45, 7) is 5.05. The van der Waals surface area contributed by atoms with Crippen LogP contribution in [0, 0.1) is 11.5 Å². The van der Waals surface area contributed by atoms with Crippen molar-refractivity contribution in [1.82, 2.24) is 4.57 Å². The molecule has 18 heavy (non-hydrogen) atoms. The number of nitriles is 1. The minimum absolute atomic E-state index is 0.780. The van der Waals surface area contributed by atoms with Crippen molar-refractivity contribution in [2.75, 3.05) is 13.7 Å². The molecule has 1 rings (SSSR count). The standard InChI is InChI=1S/C10H19N2O.C2N3/c1-3-4-5-11-6-7-12(10-11)8-9-13-2;3-1-5-2-4/h6-7,10H,3-5,8-9H2,1-2H3;/q+1;-1. The second-order valence-corrected chi connectivity index (χ2v) is 3.55. The number of methoxy groups -OCH3 is 1. The van der Waals surface area contributed by atoms with Crippen LogP contribution in [-0.2, 0) is 17.8 Å². The summed E-state index contributed by atoms with van der Waals surface area (Å²) in [6.07, 6.45) is 10.1. The zero-order valence-corrected chi connectivity index (χ0v) is 10.9. The highest BCUT2D eigenvalue weighted by Crippen LogP contribution is 1.88. The van der Waals surface area contributed by atoms with E-state index in [1.54, 1.807) is 7.11 Å². The molecule has 1 aromatic rings. The fourth-order valence-corrected chi connectivity index (χ4v) is 1.26. The van der Waals surface area contributed by atoms with Crippen LogP contribution in [0.1, 0.15) is 19.8 Å². The lowest BCUT2D eigenvalue weighted by molar-refractivity contribution is -0.696. The number of nitrogens with zero attached hydrogens (tertiary/aromatic N) is 5. The molecule has 0 radical (unpaired) electrons. The van der Waals surface area contributed by atoms with Gasteiger partial charge in [0.05, 0.1) is 19.3 Å². The van der Waals surface area contributed by atoms with E-state index in [1.165, 1.54) is 25.0 Å². The van der Waals surface area contributed by atoms with E-state index >= 15 is 0 Å². The number of hydrogen-bond donors (Lipinski definition) is 0. The van der Waals surface area contributed by atoms with E-state index in [0.29, 0.717) is 0 Å². The maximum absolute atomic E-state index is 7.43. The number of imidazole rings is 1. The van der Waals surface area contributed by atoms with Gasteiger partial charge in [0, 0.05) is 7.11 Å². The summed E-state index contributed by atoms with van der Waals surface area (Å²) in [7, 11) is 1.73. The Balaban J connectivity index is 0.000000494. The molecule has 0 aliphatic rings. The van der Waals surface area contributed by atoms with Crippen LogP contribution in [0.15, 0.2) is 23.7 Å². The van der Waals surface area contributed by atoms with Crippen molar-refractivity contribution in [2.45, 2.75) is 32.9 Å². The molecule has 1 heterocycles. The Labute approximate surface area is 108 Å². The van der Waals surface area contributed by atoms with E-state index in [1.807, 2.05) is 0 Å². The minimum Gasteiger partial charge on any atom is -0.422 e. The Hall–Kier alpha value is -1.96. The van der Waals surface area contributed by atoms with Crippen molar-refractivity contribution in [1.29, 1.82) is 5.26 Å². The summed E-state index contributed by atoms with van der Waals surface area (Å²) in [5.41, 5.74) is 0. The molecule has 0 N–H and O–H groups in total. The van der Waals surface area contributed by atoms with Crippen molar-refractivity contribution in [3.63, 3.8) is 0 Å². The molecule has 0 saturated carbocycles. The van der Waals surface area contributed by atoms with Gasteiger partial charge in [-0.3, -0.25) is 0 Å². The van der Waals surface area contributed by atoms with E-state index in [2.05, 4.69) is 39.8 Å². The molecule has 6 nitrogen and oxygen atoms in total. The highest BCUT2D eigenvalue weighted by atomic mass is 16.5. The van der Waals surface area contributed by atoms with Crippen molar-refractivity contribution in [3.05, 3.63) is 24.1 Å². The highest BCUT2D eigenvalue weighted by Gasteiger charge is 2.01. The molecule has 0 atom stereocenters. The van der Waals surface area contributed by atoms with Gasteiger partial charge in [-0.1, -0.05) is 13.3 Å². The molecule has 0 saturated heterocycles. The van der Waals surface area contributed by atoms with Crippen molar-refractivity contribution < 1.29 is 9.30 Å². The topological polar surface area (TPSA) is 76.5 Å². The number of hydrogen-bond acceptors (Lipinski definition) is 3. The lowest BCUT2D eigenvalue weighted by Crippen LogP contribution is -2.30. The third-order valence-electron chi connectivity index (χ3n) is 2.17. The second-order valence-electron chi connectivity index (χ2n) is 3.55. The third-order valence-corrected chi connectivity index (χ3v) is 2.17. The van der Waals surface area contributed by atoms with Crippen LogP contribution >= 0.6 is 0 Å². The van der Waals surface area contributed by atoms with Gasteiger partial charge in [0.15, 0.2) is 0 Å². The van der Waals surface area contributed by atoms with Gasteiger partial charge < -0.3 is 15.1 Å². The molecule has 6 heteroatoms. The van der Waals surface area contributed by atoms with E-state index in [4.69, 9.17) is 15.4 Å². The largest absolute Gasteiger partial charge is 0.422 e. The zero-order chi connectivity index (χ0) is 13.6. The smallest absolute Gasteiger partial charge is 0.243 e. The van der Waals surface area contributed by atoms with Crippen molar-refractivity contribution in [3.8, 4) is 6.19 Å². The fourth-order valence-electron chi connectivity index (χ4n) is 1.26. The summed E-state index contributed by atoms with van der Waals surface area (Å²) in [4.78, 5) is 2.58. The van der Waals surface area contributed by atoms with Crippen LogP contribution < -0.4 is 4.57 Å². The third kappa shape index (κ3) is 8.22. The molecule has 0 aliphatic heterocycles. The Bertz CT molecular complexity index is 378. The molecular weight excluding hydrogens is 230 g/mol. The van der Waals surface area contributed by atoms with Gasteiger partial charge in [0.2, 0.25) is 6.33 Å². The van der Waals surface area contributed by atoms with Gasteiger partial charge in [-0.05, 0) is 6.42 Å². The molecule has 0 aliphatic carbocycles. The molecule has 1 aromatic heterocycles. The van der Waals surface area contributed by atoms with Crippen LogP contribution in [-0.4, -0.2) is 24.3 Å². The van der Waals surface area contributed by atoms with Crippen LogP contribution in [0.5, 0.6) is 0 Å². The van der Waals surface area contributed by atoms with E-state index in [-0.39, 0.29) is 0 Å². The number of rotatable bonds is 6. The summed E-state index contributed by atoms with van der Waals surface area (Å²) in [5, 5.41) is 14.9. The molecular formula is C12H19N5O. The van der Waals surface area contributed by atoms with Gasteiger partial charge >= 0.3 is 0 Å². The molecule has 0 spiro atoms. The fraction of sp³-hybridized carbons (Fsp3) is 0.583. The first-order valence-electron chi connectivity index (χ1n) is 5.80. The van der Waals surface area contributed by atoms with Crippen molar-refractivity contribution >= 4 is 6.01 Å². The predicted octanol–water partition coefficient (Wildman–Crippen LogP) is 1.43. The number of aryl methyl sites for hydroxylation is 1. The molecule has 98 valence electrons. The Morgan fingerprint density at radius 3 is 2.83 bits per heavy atom. The number of aliphatic imine (C=N–C) groups is 1. The highest BCUT2D eigenvalue weighted by molar-refractivity contribution is 5.46. The Kier molecular flexibility index (Phi) is 10.3. The number of unbranched alkanes of at least 4 members (excludes halogenated alkanes) is 1. The second kappa shape index (κ2) is 11.5. The molecule has 0 amide bonds. The Morgan fingerprint density at radius 2 is 2.33 bits per heavy atom. The summed E-state index contributed by atoms with van der Waals surface area (Å²) >= 11 is 0. The minimum atomic E-state index is 0.780. The molecule has 0 bridgehead atoms. The number of aromatic nitrogens is 2. The number of ether oxygens (including phenoxy) is 1. The monoisotopic (exact) mass is 249 g/mol. The maximum Gasteiger partial charge on any atom is 0.243 e. The first kappa shape index (κ1) is 16.0. The van der Waals surface area contributed by atoms with Crippen LogP contribution in [0.4, 0.5) is 0 Å². The summed E-state index contributed by atoms with van der Waals surface area (Å²) in [6, 6.07) is 1.28. The van der Waals surface area contributed by atoms with E-state index in [9.17, 15) is 0 Å². The van der Waals surface area contributed by atoms with Gasteiger partial charge in [-0.2, -0.15) is 5.26 Å². The molecule has 0 fully saturated rings. The lowest BCUT2D eigenvalue weighted by Gasteiger charge is -1.94. The normalized spacial score (nSPS) is 8.72.